The summed E-state index contributed by atoms with van der Waals surface area (Å²) in [6.07, 6.45) is 1.24. The molecule has 1 aromatic carbocycles. The van der Waals surface area contributed by atoms with Crippen LogP contribution in [0.1, 0.15) is 45.2 Å². The van der Waals surface area contributed by atoms with Gasteiger partial charge in [0.2, 0.25) is 0 Å². The van der Waals surface area contributed by atoms with E-state index < -0.39 is 5.60 Å². The standard InChI is InChI=1S/C18H27N3O3/c1-18(2,3)24-17(23)21-12-14(20-16(22)19-4)10-11-15(21)13-8-6-5-7-9-13/h5-9,14-15H,10-12H2,1-4H3,(H2,19,20,22). The topological polar surface area (TPSA) is 70.7 Å². The first kappa shape index (κ1) is 18.1. The number of carbonyl (C=O) groups is 2. The number of likely N-dealkylation sites (tertiary alicyclic amines) is 1. The summed E-state index contributed by atoms with van der Waals surface area (Å²) in [5.74, 6) is 0. The number of piperidine rings is 1. The second-order valence-corrected chi connectivity index (χ2v) is 7.06. The van der Waals surface area contributed by atoms with Crippen LogP contribution in [0.3, 0.4) is 0 Å². The smallest absolute Gasteiger partial charge is 0.410 e. The molecule has 0 aromatic heterocycles. The first-order chi connectivity index (χ1) is 11.3. The van der Waals surface area contributed by atoms with E-state index in [1.54, 1.807) is 11.9 Å². The van der Waals surface area contributed by atoms with Crippen LogP contribution in [0.2, 0.25) is 0 Å². The zero-order valence-electron chi connectivity index (χ0n) is 14.8. The fraction of sp³-hybridized carbons (Fsp3) is 0.556. The zero-order valence-corrected chi connectivity index (χ0v) is 14.8. The molecule has 1 saturated heterocycles. The fourth-order valence-corrected chi connectivity index (χ4v) is 2.89. The van der Waals surface area contributed by atoms with Gasteiger partial charge in [0, 0.05) is 19.6 Å². The third-order valence-electron chi connectivity index (χ3n) is 3.96. The maximum absolute atomic E-state index is 12.7. The minimum Gasteiger partial charge on any atom is -0.444 e. The Hall–Kier alpha value is -2.24. The SMILES string of the molecule is CNC(=O)NC1CCC(c2ccccc2)N(C(=O)OC(C)(C)C)C1. The Kier molecular flexibility index (Phi) is 5.70. The molecule has 3 amide bonds. The molecule has 2 unspecified atom stereocenters. The van der Waals surface area contributed by atoms with Crippen molar-refractivity contribution in [2.75, 3.05) is 13.6 Å². The van der Waals surface area contributed by atoms with Crippen molar-refractivity contribution in [2.24, 2.45) is 0 Å². The molecule has 0 spiro atoms. The lowest BCUT2D eigenvalue weighted by Crippen LogP contribution is -2.53. The average Bonchev–Trinajstić information content (AvgIpc) is 2.54. The van der Waals surface area contributed by atoms with Crippen molar-refractivity contribution in [3.63, 3.8) is 0 Å². The molecule has 0 radical (unpaired) electrons. The molecule has 1 aliphatic heterocycles. The number of benzene rings is 1. The van der Waals surface area contributed by atoms with E-state index in [-0.39, 0.29) is 24.2 Å². The highest BCUT2D eigenvalue weighted by atomic mass is 16.6. The van der Waals surface area contributed by atoms with Gasteiger partial charge in [-0.1, -0.05) is 30.3 Å². The Balaban J connectivity index is 2.18. The summed E-state index contributed by atoms with van der Waals surface area (Å²) in [5.41, 5.74) is 0.529. The van der Waals surface area contributed by atoms with Gasteiger partial charge in [-0.2, -0.15) is 0 Å². The summed E-state index contributed by atoms with van der Waals surface area (Å²) in [4.78, 5) is 26.0. The van der Waals surface area contributed by atoms with E-state index in [9.17, 15) is 9.59 Å². The minimum absolute atomic E-state index is 0.0382. The third kappa shape index (κ3) is 4.88. The lowest BCUT2D eigenvalue weighted by molar-refractivity contribution is 0.00603. The number of carbonyl (C=O) groups excluding carboxylic acids is 2. The number of rotatable bonds is 2. The Morgan fingerprint density at radius 1 is 1.17 bits per heavy atom. The minimum atomic E-state index is -0.556. The highest BCUT2D eigenvalue weighted by Crippen LogP contribution is 2.32. The van der Waals surface area contributed by atoms with E-state index in [4.69, 9.17) is 4.74 Å². The van der Waals surface area contributed by atoms with E-state index >= 15 is 0 Å². The van der Waals surface area contributed by atoms with Crippen LogP contribution in [0, 0.1) is 0 Å². The quantitative estimate of drug-likeness (QED) is 0.874. The van der Waals surface area contributed by atoms with E-state index in [0.29, 0.717) is 6.54 Å². The normalized spacial score (nSPS) is 21.1. The van der Waals surface area contributed by atoms with E-state index in [1.807, 2.05) is 51.1 Å². The number of ether oxygens (including phenoxy) is 1. The molecule has 2 N–H and O–H groups in total. The molecule has 2 rings (SSSR count). The van der Waals surface area contributed by atoms with Crippen LogP contribution in [-0.2, 0) is 4.74 Å². The lowest BCUT2D eigenvalue weighted by Gasteiger charge is -2.40. The second-order valence-electron chi connectivity index (χ2n) is 7.06. The van der Waals surface area contributed by atoms with E-state index in [0.717, 1.165) is 18.4 Å². The van der Waals surface area contributed by atoms with Gasteiger partial charge in [-0.15, -0.1) is 0 Å². The maximum atomic E-state index is 12.7. The van der Waals surface area contributed by atoms with Crippen molar-refractivity contribution in [1.29, 1.82) is 0 Å². The maximum Gasteiger partial charge on any atom is 0.410 e. The van der Waals surface area contributed by atoms with Crippen LogP contribution < -0.4 is 10.6 Å². The summed E-state index contributed by atoms with van der Waals surface area (Å²) < 4.78 is 5.57. The Morgan fingerprint density at radius 3 is 2.42 bits per heavy atom. The van der Waals surface area contributed by atoms with Crippen LogP contribution >= 0.6 is 0 Å². The first-order valence-electron chi connectivity index (χ1n) is 8.33. The number of amides is 3. The Bertz CT molecular complexity index is 569. The highest BCUT2D eigenvalue weighted by molar-refractivity contribution is 5.74. The largest absolute Gasteiger partial charge is 0.444 e. The molecular weight excluding hydrogens is 306 g/mol. The molecule has 0 saturated carbocycles. The molecule has 0 aliphatic carbocycles. The average molecular weight is 333 g/mol. The summed E-state index contributed by atoms with van der Waals surface area (Å²) in [6.45, 7) is 5.99. The van der Waals surface area contributed by atoms with Crippen molar-refractivity contribution < 1.29 is 14.3 Å². The van der Waals surface area contributed by atoms with Crippen LogP contribution in [0.15, 0.2) is 30.3 Å². The van der Waals surface area contributed by atoms with Crippen molar-refractivity contribution >= 4 is 12.1 Å². The molecule has 1 aromatic rings. The van der Waals surface area contributed by atoms with Gasteiger partial charge >= 0.3 is 12.1 Å². The van der Waals surface area contributed by atoms with Crippen molar-refractivity contribution in [1.82, 2.24) is 15.5 Å². The predicted molar refractivity (Wildman–Crippen MR) is 92.7 cm³/mol. The summed E-state index contributed by atoms with van der Waals surface area (Å²) in [5, 5.41) is 5.44. The number of hydrogen-bond acceptors (Lipinski definition) is 3. The molecule has 1 heterocycles. The third-order valence-corrected chi connectivity index (χ3v) is 3.96. The molecule has 132 valence electrons. The second kappa shape index (κ2) is 7.55. The van der Waals surface area contributed by atoms with Gasteiger partial charge in [-0.05, 0) is 39.2 Å². The monoisotopic (exact) mass is 333 g/mol. The Labute approximate surface area is 143 Å². The molecule has 24 heavy (non-hydrogen) atoms. The van der Waals surface area contributed by atoms with Gasteiger partial charge in [0.15, 0.2) is 0 Å². The number of nitrogens with one attached hydrogen (secondary N) is 2. The van der Waals surface area contributed by atoms with Gasteiger partial charge in [-0.3, -0.25) is 4.90 Å². The van der Waals surface area contributed by atoms with Crippen molar-refractivity contribution in [3.8, 4) is 0 Å². The molecule has 6 nitrogen and oxygen atoms in total. The van der Waals surface area contributed by atoms with Gasteiger partial charge in [0.25, 0.3) is 0 Å². The molecule has 1 fully saturated rings. The van der Waals surface area contributed by atoms with Crippen LogP contribution in [0.25, 0.3) is 0 Å². The number of hydrogen-bond donors (Lipinski definition) is 2. The summed E-state index contributed by atoms with van der Waals surface area (Å²) in [6, 6.07) is 9.58. The number of nitrogens with zero attached hydrogens (tertiary/aromatic N) is 1. The van der Waals surface area contributed by atoms with Crippen molar-refractivity contribution in [2.45, 2.75) is 51.3 Å². The molecule has 2 atom stereocenters. The van der Waals surface area contributed by atoms with Gasteiger partial charge in [-0.25, -0.2) is 9.59 Å². The first-order valence-corrected chi connectivity index (χ1v) is 8.33. The lowest BCUT2D eigenvalue weighted by atomic mass is 9.93. The van der Waals surface area contributed by atoms with E-state index in [2.05, 4.69) is 10.6 Å². The van der Waals surface area contributed by atoms with Gasteiger partial charge in [0.1, 0.15) is 5.60 Å². The van der Waals surface area contributed by atoms with Crippen LogP contribution in [-0.4, -0.2) is 42.3 Å². The Morgan fingerprint density at radius 2 is 1.83 bits per heavy atom. The summed E-state index contributed by atoms with van der Waals surface area (Å²) in [7, 11) is 1.58. The van der Waals surface area contributed by atoms with Crippen molar-refractivity contribution in [3.05, 3.63) is 35.9 Å². The molecule has 6 heteroatoms. The summed E-state index contributed by atoms with van der Waals surface area (Å²) >= 11 is 0. The van der Waals surface area contributed by atoms with Crippen LogP contribution in [0.4, 0.5) is 9.59 Å². The van der Waals surface area contributed by atoms with Gasteiger partial charge in [0.05, 0.1) is 6.04 Å². The molecular formula is C18H27N3O3. The van der Waals surface area contributed by atoms with Crippen LogP contribution in [0.5, 0.6) is 0 Å². The molecule has 1 aliphatic rings. The molecule has 0 bridgehead atoms. The highest BCUT2D eigenvalue weighted by Gasteiger charge is 2.35. The predicted octanol–water partition coefficient (Wildman–Crippen LogP) is 3.06. The fourth-order valence-electron chi connectivity index (χ4n) is 2.89. The van der Waals surface area contributed by atoms with Gasteiger partial charge < -0.3 is 15.4 Å². The number of urea groups is 1. The zero-order chi connectivity index (χ0) is 17.7. The van der Waals surface area contributed by atoms with E-state index in [1.165, 1.54) is 0 Å².